The van der Waals surface area contributed by atoms with E-state index in [1.165, 1.54) is 18.0 Å². The molecule has 0 saturated carbocycles. The van der Waals surface area contributed by atoms with Gasteiger partial charge in [-0.15, -0.1) is 11.8 Å². The van der Waals surface area contributed by atoms with Gasteiger partial charge < -0.3 is 10.9 Å². The SMILES string of the molecule is CC(SCCS(C)(=O)=O)C(N)=NO. The Labute approximate surface area is 82.3 Å². The zero-order valence-corrected chi connectivity index (χ0v) is 9.23. The molecule has 78 valence electrons. The Balaban J connectivity index is 3.79. The van der Waals surface area contributed by atoms with Crippen LogP contribution in [0.4, 0.5) is 0 Å². The summed E-state index contributed by atoms with van der Waals surface area (Å²) in [6.07, 6.45) is 1.18. The molecule has 0 aromatic carbocycles. The largest absolute Gasteiger partial charge is 0.409 e. The summed E-state index contributed by atoms with van der Waals surface area (Å²) in [5, 5.41) is 11.0. The van der Waals surface area contributed by atoms with Crippen LogP contribution >= 0.6 is 11.8 Å². The summed E-state index contributed by atoms with van der Waals surface area (Å²) in [7, 11) is -2.92. The average molecular weight is 226 g/mol. The minimum atomic E-state index is -2.92. The number of hydrogen-bond acceptors (Lipinski definition) is 5. The van der Waals surface area contributed by atoms with Crippen LogP contribution in [0, 0.1) is 0 Å². The first-order valence-corrected chi connectivity index (χ1v) is 6.74. The Hall–Kier alpha value is -0.430. The van der Waals surface area contributed by atoms with Crippen molar-refractivity contribution in [3.05, 3.63) is 0 Å². The molecule has 0 aromatic rings. The van der Waals surface area contributed by atoms with Crippen molar-refractivity contribution in [2.45, 2.75) is 12.2 Å². The molecule has 0 aliphatic rings. The minimum absolute atomic E-state index is 0.110. The number of sulfone groups is 1. The fourth-order valence-electron chi connectivity index (χ4n) is 0.543. The zero-order valence-electron chi connectivity index (χ0n) is 7.60. The Morgan fingerprint density at radius 2 is 2.23 bits per heavy atom. The summed E-state index contributed by atoms with van der Waals surface area (Å²) >= 11 is 1.34. The van der Waals surface area contributed by atoms with Crippen molar-refractivity contribution in [1.29, 1.82) is 0 Å². The highest BCUT2D eigenvalue weighted by Gasteiger charge is 2.09. The van der Waals surface area contributed by atoms with E-state index >= 15 is 0 Å². The molecule has 1 unspecified atom stereocenters. The van der Waals surface area contributed by atoms with Gasteiger partial charge in [0.15, 0.2) is 5.84 Å². The third-order valence-electron chi connectivity index (χ3n) is 1.35. The molecule has 0 saturated heterocycles. The van der Waals surface area contributed by atoms with E-state index in [4.69, 9.17) is 10.9 Å². The van der Waals surface area contributed by atoms with Gasteiger partial charge in [-0.25, -0.2) is 8.42 Å². The smallest absolute Gasteiger partial charge is 0.151 e. The molecule has 0 radical (unpaired) electrons. The second-order valence-corrected chi connectivity index (χ2v) is 6.38. The molecule has 0 amide bonds. The van der Waals surface area contributed by atoms with Gasteiger partial charge in [0.25, 0.3) is 0 Å². The summed E-state index contributed by atoms with van der Waals surface area (Å²) in [6.45, 7) is 1.75. The molecule has 7 heteroatoms. The van der Waals surface area contributed by atoms with Gasteiger partial charge in [-0.05, 0) is 6.92 Å². The van der Waals surface area contributed by atoms with Crippen LogP contribution in [-0.2, 0) is 9.84 Å². The number of nitrogens with zero attached hydrogens (tertiary/aromatic N) is 1. The first kappa shape index (κ1) is 12.6. The first-order valence-electron chi connectivity index (χ1n) is 3.63. The molecule has 5 nitrogen and oxygen atoms in total. The summed E-state index contributed by atoms with van der Waals surface area (Å²) < 4.78 is 21.5. The molecule has 0 aliphatic heterocycles. The molecule has 0 aliphatic carbocycles. The van der Waals surface area contributed by atoms with Crippen LogP contribution in [0.3, 0.4) is 0 Å². The summed E-state index contributed by atoms with van der Waals surface area (Å²) in [5.74, 6) is 0.676. The van der Waals surface area contributed by atoms with Crippen molar-refractivity contribution >= 4 is 27.4 Å². The van der Waals surface area contributed by atoms with Gasteiger partial charge in [-0.1, -0.05) is 5.16 Å². The number of nitrogens with two attached hydrogens (primary N) is 1. The highest BCUT2D eigenvalue weighted by molar-refractivity contribution is 8.01. The van der Waals surface area contributed by atoms with E-state index in [0.29, 0.717) is 5.75 Å². The fourth-order valence-corrected chi connectivity index (χ4v) is 2.71. The molecule has 1 atom stereocenters. The van der Waals surface area contributed by atoms with E-state index in [0.717, 1.165) is 0 Å². The predicted molar refractivity (Wildman–Crippen MR) is 55.0 cm³/mol. The lowest BCUT2D eigenvalue weighted by molar-refractivity contribution is 0.317. The molecule has 3 N–H and O–H groups in total. The monoisotopic (exact) mass is 226 g/mol. The lowest BCUT2D eigenvalue weighted by Gasteiger charge is -2.07. The highest BCUT2D eigenvalue weighted by Crippen LogP contribution is 2.10. The van der Waals surface area contributed by atoms with Crippen LogP contribution in [0.15, 0.2) is 5.16 Å². The Kier molecular flexibility index (Phi) is 5.16. The maximum atomic E-state index is 10.7. The molecule has 0 bridgehead atoms. The Bertz CT molecular complexity index is 274. The quantitative estimate of drug-likeness (QED) is 0.295. The lowest BCUT2D eigenvalue weighted by Crippen LogP contribution is -2.24. The molecule has 0 fully saturated rings. The summed E-state index contributed by atoms with van der Waals surface area (Å²) in [5.41, 5.74) is 5.30. The van der Waals surface area contributed by atoms with Gasteiger partial charge in [-0.3, -0.25) is 0 Å². The maximum Gasteiger partial charge on any atom is 0.151 e. The Morgan fingerprint density at radius 1 is 1.69 bits per heavy atom. The van der Waals surface area contributed by atoms with E-state index in [2.05, 4.69) is 5.16 Å². The van der Waals surface area contributed by atoms with E-state index in [1.54, 1.807) is 6.92 Å². The van der Waals surface area contributed by atoms with Crippen molar-refractivity contribution in [1.82, 2.24) is 0 Å². The van der Waals surface area contributed by atoms with Gasteiger partial charge in [0, 0.05) is 12.0 Å². The van der Waals surface area contributed by atoms with Crippen molar-refractivity contribution in [2.24, 2.45) is 10.9 Å². The lowest BCUT2D eigenvalue weighted by atomic mass is 10.4. The van der Waals surface area contributed by atoms with Crippen LogP contribution in [0.1, 0.15) is 6.92 Å². The number of oxime groups is 1. The number of hydrogen-bond donors (Lipinski definition) is 2. The minimum Gasteiger partial charge on any atom is -0.409 e. The molecular weight excluding hydrogens is 212 g/mol. The number of rotatable bonds is 5. The average Bonchev–Trinajstić information content (AvgIpc) is 2.00. The first-order chi connectivity index (χ1) is 5.87. The maximum absolute atomic E-state index is 10.7. The second-order valence-electron chi connectivity index (χ2n) is 2.67. The zero-order chi connectivity index (χ0) is 10.5. The van der Waals surface area contributed by atoms with Crippen molar-refractivity contribution in [3.8, 4) is 0 Å². The van der Waals surface area contributed by atoms with Crippen molar-refractivity contribution in [2.75, 3.05) is 17.8 Å². The van der Waals surface area contributed by atoms with E-state index in [-0.39, 0.29) is 16.8 Å². The van der Waals surface area contributed by atoms with Crippen LogP contribution in [0.25, 0.3) is 0 Å². The molecule has 0 spiro atoms. The Morgan fingerprint density at radius 3 is 2.62 bits per heavy atom. The van der Waals surface area contributed by atoms with E-state index in [1.807, 2.05) is 0 Å². The van der Waals surface area contributed by atoms with Crippen LogP contribution in [0.2, 0.25) is 0 Å². The fraction of sp³-hybridized carbons (Fsp3) is 0.833. The topological polar surface area (TPSA) is 92.8 Å². The third-order valence-corrected chi connectivity index (χ3v) is 3.74. The number of thioether (sulfide) groups is 1. The molecule has 0 heterocycles. The van der Waals surface area contributed by atoms with Gasteiger partial charge in [-0.2, -0.15) is 0 Å². The molecule has 0 rings (SSSR count). The standard InChI is InChI=1S/C6H14N2O3S2/c1-5(6(7)8-9)12-3-4-13(2,10)11/h5,9H,3-4H2,1-2H3,(H2,7,8). The molecule has 0 aromatic heterocycles. The van der Waals surface area contributed by atoms with Crippen LogP contribution in [0.5, 0.6) is 0 Å². The normalized spacial score (nSPS) is 15.7. The van der Waals surface area contributed by atoms with Gasteiger partial charge in [0.1, 0.15) is 9.84 Å². The van der Waals surface area contributed by atoms with Gasteiger partial charge >= 0.3 is 0 Å². The predicted octanol–water partition coefficient (Wildman–Crippen LogP) is -0.101. The van der Waals surface area contributed by atoms with E-state index < -0.39 is 9.84 Å². The van der Waals surface area contributed by atoms with Gasteiger partial charge in [0.2, 0.25) is 0 Å². The van der Waals surface area contributed by atoms with Crippen molar-refractivity contribution < 1.29 is 13.6 Å². The van der Waals surface area contributed by atoms with Gasteiger partial charge in [0.05, 0.1) is 11.0 Å². The molecular formula is C6H14N2O3S2. The van der Waals surface area contributed by atoms with Crippen LogP contribution in [-0.4, -0.2) is 42.5 Å². The summed E-state index contributed by atoms with van der Waals surface area (Å²) in [4.78, 5) is 0. The summed E-state index contributed by atoms with van der Waals surface area (Å²) in [6, 6.07) is 0. The second kappa shape index (κ2) is 5.33. The molecule has 13 heavy (non-hydrogen) atoms. The van der Waals surface area contributed by atoms with E-state index in [9.17, 15) is 8.42 Å². The third kappa shape index (κ3) is 6.71. The number of amidine groups is 1. The van der Waals surface area contributed by atoms with Crippen LogP contribution < -0.4 is 5.73 Å². The van der Waals surface area contributed by atoms with Crippen molar-refractivity contribution in [3.63, 3.8) is 0 Å². The highest BCUT2D eigenvalue weighted by atomic mass is 32.2.